The van der Waals surface area contributed by atoms with Crippen molar-refractivity contribution >= 4 is 11.8 Å². The molecule has 2 rings (SSSR count). The fourth-order valence-corrected chi connectivity index (χ4v) is 2.01. The van der Waals surface area contributed by atoms with Crippen molar-refractivity contribution in [2.75, 3.05) is 6.61 Å². The van der Waals surface area contributed by atoms with Gasteiger partial charge < -0.3 is 20.1 Å². The summed E-state index contributed by atoms with van der Waals surface area (Å²) >= 11 is 0. The number of aliphatic hydroxyl groups excluding tert-OH is 3. The minimum absolute atomic E-state index is 0.453. The molecule has 0 aromatic carbocycles. The summed E-state index contributed by atoms with van der Waals surface area (Å²) in [5.74, 6) is -1.97. The SMILES string of the molecule is O=C1C=CC([C@@H]2OC(CO)[C@H](O)C2O)C(=O)N1. The summed E-state index contributed by atoms with van der Waals surface area (Å²) in [6.07, 6.45) is -1.92. The summed E-state index contributed by atoms with van der Waals surface area (Å²) in [4.78, 5) is 22.4. The zero-order chi connectivity index (χ0) is 12.6. The van der Waals surface area contributed by atoms with E-state index in [0.29, 0.717) is 0 Å². The third kappa shape index (κ3) is 2.09. The highest BCUT2D eigenvalue weighted by Crippen LogP contribution is 2.28. The molecular weight excluding hydrogens is 230 g/mol. The molecule has 17 heavy (non-hydrogen) atoms. The predicted octanol–water partition coefficient (Wildman–Crippen LogP) is -2.70. The summed E-state index contributed by atoms with van der Waals surface area (Å²) in [7, 11) is 0. The number of hydrogen-bond donors (Lipinski definition) is 4. The van der Waals surface area contributed by atoms with Gasteiger partial charge in [0.15, 0.2) is 0 Å². The van der Waals surface area contributed by atoms with Crippen molar-refractivity contribution in [3.63, 3.8) is 0 Å². The highest BCUT2D eigenvalue weighted by Gasteiger charge is 2.47. The van der Waals surface area contributed by atoms with Crippen LogP contribution in [0.15, 0.2) is 12.2 Å². The van der Waals surface area contributed by atoms with E-state index in [-0.39, 0.29) is 0 Å². The molecule has 2 amide bonds. The first-order valence-electron chi connectivity index (χ1n) is 5.20. The molecule has 7 heteroatoms. The lowest BCUT2D eigenvalue weighted by Crippen LogP contribution is -2.46. The summed E-state index contributed by atoms with van der Waals surface area (Å²) in [5.41, 5.74) is 0. The highest BCUT2D eigenvalue weighted by atomic mass is 16.6. The number of ether oxygens (including phenoxy) is 1. The molecule has 5 atom stereocenters. The highest BCUT2D eigenvalue weighted by molar-refractivity contribution is 6.05. The molecule has 7 nitrogen and oxygen atoms in total. The Bertz CT molecular complexity index is 368. The van der Waals surface area contributed by atoms with Crippen molar-refractivity contribution in [2.24, 2.45) is 5.92 Å². The second-order valence-electron chi connectivity index (χ2n) is 4.04. The van der Waals surface area contributed by atoms with E-state index in [1.807, 2.05) is 0 Å². The first-order chi connectivity index (χ1) is 8.04. The number of carbonyl (C=O) groups excluding carboxylic acids is 2. The average molecular weight is 243 g/mol. The standard InChI is InChI=1S/C10H13NO6/c12-3-5-7(14)8(15)9(17-5)4-1-2-6(13)11-10(4)16/h1-2,4-5,7-9,12,14-15H,3H2,(H,11,13,16)/t4?,5?,7-,8?,9-/m0/s1. The number of nitrogens with one attached hydrogen (secondary N) is 1. The molecule has 1 fully saturated rings. The van der Waals surface area contributed by atoms with Gasteiger partial charge in [-0.15, -0.1) is 0 Å². The molecule has 2 aliphatic rings. The quantitative estimate of drug-likeness (QED) is 0.392. The predicted molar refractivity (Wildman–Crippen MR) is 53.5 cm³/mol. The Morgan fingerprint density at radius 1 is 1.29 bits per heavy atom. The Balaban J connectivity index is 2.16. The maximum absolute atomic E-state index is 11.5. The van der Waals surface area contributed by atoms with Crippen LogP contribution in [0, 0.1) is 5.92 Å². The summed E-state index contributed by atoms with van der Waals surface area (Å²) in [6, 6.07) is 0. The molecule has 0 bridgehead atoms. The average Bonchev–Trinajstić information content (AvgIpc) is 2.57. The van der Waals surface area contributed by atoms with Gasteiger partial charge in [-0.05, 0) is 0 Å². The monoisotopic (exact) mass is 243 g/mol. The van der Waals surface area contributed by atoms with Crippen LogP contribution in [0.2, 0.25) is 0 Å². The second-order valence-corrected chi connectivity index (χ2v) is 4.04. The van der Waals surface area contributed by atoms with Crippen molar-refractivity contribution in [3.8, 4) is 0 Å². The smallest absolute Gasteiger partial charge is 0.250 e. The molecule has 1 saturated heterocycles. The summed E-state index contributed by atoms with van der Waals surface area (Å²) in [5, 5.41) is 30.2. The molecule has 4 N–H and O–H groups in total. The lowest BCUT2D eigenvalue weighted by atomic mass is 9.93. The van der Waals surface area contributed by atoms with E-state index < -0.39 is 48.8 Å². The normalized spacial score (nSPS) is 41.7. The number of imide groups is 1. The van der Waals surface area contributed by atoms with E-state index in [2.05, 4.69) is 5.32 Å². The molecule has 0 aromatic heterocycles. The zero-order valence-corrected chi connectivity index (χ0v) is 8.81. The van der Waals surface area contributed by atoms with Crippen LogP contribution < -0.4 is 5.32 Å². The lowest BCUT2D eigenvalue weighted by molar-refractivity contribution is -0.135. The van der Waals surface area contributed by atoms with E-state index in [0.717, 1.165) is 0 Å². The second kappa shape index (κ2) is 4.53. The largest absolute Gasteiger partial charge is 0.394 e. The fraction of sp³-hybridized carbons (Fsp3) is 0.600. The third-order valence-electron chi connectivity index (χ3n) is 2.94. The van der Waals surface area contributed by atoms with Crippen LogP contribution in [0.4, 0.5) is 0 Å². The van der Waals surface area contributed by atoms with Crippen LogP contribution in [-0.2, 0) is 14.3 Å². The van der Waals surface area contributed by atoms with Gasteiger partial charge >= 0.3 is 0 Å². The first kappa shape index (κ1) is 12.2. The van der Waals surface area contributed by atoms with Crippen molar-refractivity contribution in [2.45, 2.75) is 24.4 Å². The van der Waals surface area contributed by atoms with E-state index in [1.165, 1.54) is 12.2 Å². The van der Waals surface area contributed by atoms with Crippen molar-refractivity contribution < 1.29 is 29.6 Å². The van der Waals surface area contributed by atoms with Crippen LogP contribution in [0.1, 0.15) is 0 Å². The first-order valence-corrected chi connectivity index (χ1v) is 5.20. The number of carbonyl (C=O) groups is 2. The molecule has 0 aliphatic carbocycles. The molecular formula is C10H13NO6. The van der Waals surface area contributed by atoms with Gasteiger partial charge in [0, 0.05) is 6.08 Å². The van der Waals surface area contributed by atoms with Gasteiger partial charge in [-0.25, -0.2) is 0 Å². The van der Waals surface area contributed by atoms with Crippen molar-refractivity contribution in [3.05, 3.63) is 12.2 Å². The van der Waals surface area contributed by atoms with E-state index in [9.17, 15) is 19.8 Å². The molecule has 2 heterocycles. The van der Waals surface area contributed by atoms with Crippen LogP contribution in [0.25, 0.3) is 0 Å². The van der Waals surface area contributed by atoms with Gasteiger partial charge in [-0.1, -0.05) is 6.08 Å². The van der Waals surface area contributed by atoms with Crippen LogP contribution in [0.5, 0.6) is 0 Å². The van der Waals surface area contributed by atoms with Gasteiger partial charge in [0.25, 0.3) is 0 Å². The van der Waals surface area contributed by atoms with Crippen molar-refractivity contribution in [1.29, 1.82) is 0 Å². The lowest BCUT2D eigenvalue weighted by Gasteiger charge is -2.23. The molecule has 0 radical (unpaired) electrons. The molecule has 94 valence electrons. The third-order valence-corrected chi connectivity index (χ3v) is 2.94. The topological polar surface area (TPSA) is 116 Å². The van der Waals surface area contributed by atoms with E-state index in [1.54, 1.807) is 0 Å². The molecule has 0 saturated carbocycles. The Hall–Kier alpha value is -1.28. The zero-order valence-electron chi connectivity index (χ0n) is 8.81. The van der Waals surface area contributed by atoms with Gasteiger partial charge in [0.05, 0.1) is 12.5 Å². The molecule has 0 aromatic rings. The van der Waals surface area contributed by atoms with E-state index >= 15 is 0 Å². The summed E-state index contributed by atoms with van der Waals surface area (Å²) < 4.78 is 5.21. The minimum Gasteiger partial charge on any atom is -0.394 e. The van der Waals surface area contributed by atoms with Gasteiger partial charge in [-0.2, -0.15) is 0 Å². The van der Waals surface area contributed by atoms with Crippen molar-refractivity contribution in [1.82, 2.24) is 5.32 Å². The Morgan fingerprint density at radius 2 is 2.00 bits per heavy atom. The Kier molecular flexibility index (Phi) is 3.25. The van der Waals surface area contributed by atoms with Gasteiger partial charge in [0.2, 0.25) is 11.8 Å². The Morgan fingerprint density at radius 3 is 2.53 bits per heavy atom. The number of hydrogen-bond acceptors (Lipinski definition) is 6. The summed E-state index contributed by atoms with van der Waals surface area (Å²) in [6.45, 7) is -0.453. The number of amides is 2. The minimum atomic E-state index is -1.28. The number of aliphatic hydroxyl groups is 3. The fourth-order valence-electron chi connectivity index (χ4n) is 2.01. The maximum atomic E-state index is 11.5. The molecule has 2 aliphatic heterocycles. The van der Waals surface area contributed by atoms with Gasteiger partial charge in [-0.3, -0.25) is 14.9 Å². The Labute approximate surface area is 96.7 Å². The molecule has 0 spiro atoms. The van der Waals surface area contributed by atoms with Crippen LogP contribution in [-0.4, -0.2) is 58.2 Å². The van der Waals surface area contributed by atoms with Crippen LogP contribution in [0.3, 0.4) is 0 Å². The van der Waals surface area contributed by atoms with Gasteiger partial charge in [0.1, 0.15) is 24.4 Å². The van der Waals surface area contributed by atoms with E-state index in [4.69, 9.17) is 9.84 Å². The number of rotatable bonds is 2. The molecule has 3 unspecified atom stereocenters. The maximum Gasteiger partial charge on any atom is 0.250 e. The van der Waals surface area contributed by atoms with Crippen LogP contribution >= 0.6 is 0 Å².